The molecule has 0 spiro atoms. The van der Waals surface area contributed by atoms with Crippen LogP contribution >= 0.6 is 0 Å². The molecule has 73 heavy (non-hydrogen) atoms. The van der Waals surface area contributed by atoms with Gasteiger partial charge in [-0.15, -0.1) is 0 Å². The van der Waals surface area contributed by atoms with E-state index in [0.29, 0.717) is 0 Å². The molecular weight excluding hydrogens is 903 g/mol. The second kappa shape index (κ2) is 16.3. The van der Waals surface area contributed by atoms with Gasteiger partial charge in [-0.3, -0.25) is 9.13 Å². The largest absolute Gasteiger partial charge is 0.309 e. The highest BCUT2D eigenvalue weighted by molar-refractivity contribution is 7.20. The first-order valence-electron chi connectivity index (χ1n) is 25.1. The maximum atomic E-state index is 6.15. The Morgan fingerprint density at radius 3 is 1.14 bits per heavy atom. The summed E-state index contributed by atoms with van der Waals surface area (Å²) in [6.45, 7) is 0. The molecule has 15 aromatic rings. The van der Waals surface area contributed by atoms with Crippen molar-refractivity contribution in [2.75, 3.05) is 0 Å². The summed E-state index contributed by atoms with van der Waals surface area (Å²) in [6, 6.07) is 100. The molecule has 4 heterocycles. The molecule has 5 nitrogen and oxygen atoms in total. The first-order chi connectivity index (χ1) is 36.3. The van der Waals surface area contributed by atoms with E-state index in [1.807, 2.05) is 0 Å². The summed E-state index contributed by atoms with van der Waals surface area (Å²) in [5.41, 5.74) is 12.0. The standard InChI is InChI=1S/C67H45N5Si/c1-5-23-46(24-6-1)70-66-63(71-59-38-20-17-35-55(59)56-45-47(41-42-62(56)71)69-57-36-18-13-31-51(57)52-32-14-19-37-58(52)69)43-44-64(65(66)68-67(70)72-60-39-21-15-33-53(60)54-34-16-22-40-61(54)72)73(48-25-7-2-8-26-48,49-27-9-3-10-28-49)50-29-11-4-12-30-50/h1-45H. The van der Waals surface area contributed by atoms with E-state index < -0.39 is 8.07 Å². The molecule has 342 valence electrons. The third-order valence-corrected chi connectivity index (χ3v) is 20.1. The van der Waals surface area contributed by atoms with Crippen molar-refractivity contribution in [3.63, 3.8) is 0 Å². The minimum absolute atomic E-state index is 0.832. The Bertz CT molecular complexity index is 4400. The second-order valence-corrected chi connectivity index (χ2v) is 22.8. The average molecular weight is 948 g/mol. The zero-order chi connectivity index (χ0) is 48.0. The van der Waals surface area contributed by atoms with Crippen LogP contribution < -0.4 is 20.7 Å². The van der Waals surface area contributed by atoms with Gasteiger partial charge in [0, 0.05) is 43.7 Å². The molecule has 11 aromatic carbocycles. The van der Waals surface area contributed by atoms with Crippen LogP contribution in [0.5, 0.6) is 0 Å². The fourth-order valence-electron chi connectivity index (χ4n) is 12.3. The van der Waals surface area contributed by atoms with E-state index in [0.717, 1.165) is 56.1 Å². The van der Waals surface area contributed by atoms with Crippen molar-refractivity contribution in [1.82, 2.24) is 23.3 Å². The fourth-order valence-corrected chi connectivity index (χ4v) is 17.2. The van der Waals surface area contributed by atoms with E-state index in [9.17, 15) is 0 Å². The molecular formula is C67H45N5Si. The van der Waals surface area contributed by atoms with Gasteiger partial charge in [-0.1, -0.05) is 206 Å². The van der Waals surface area contributed by atoms with Crippen LogP contribution in [0.15, 0.2) is 273 Å². The number of imidazole rings is 1. The van der Waals surface area contributed by atoms with Crippen LogP contribution in [0, 0.1) is 0 Å². The molecule has 6 heteroatoms. The summed E-state index contributed by atoms with van der Waals surface area (Å²) in [4.78, 5) is 6.15. The Labute approximate surface area is 422 Å². The van der Waals surface area contributed by atoms with E-state index in [2.05, 4.69) is 291 Å². The molecule has 0 bridgehead atoms. The molecule has 0 saturated carbocycles. The molecule has 0 aliphatic rings. The van der Waals surface area contributed by atoms with Gasteiger partial charge in [0.1, 0.15) is 0 Å². The zero-order valence-electron chi connectivity index (χ0n) is 39.7. The Morgan fingerprint density at radius 1 is 0.274 bits per heavy atom. The number of para-hydroxylation sites is 6. The van der Waals surface area contributed by atoms with E-state index in [4.69, 9.17) is 4.98 Å². The summed E-state index contributed by atoms with van der Waals surface area (Å²) in [6.07, 6.45) is 0. The molecule has 0 amide bonds. The van der Waals surface area contributed by atoms with Crippen molar-refractivity contribution in [2.45, 2.75) is 0 Å². The van der Waals surface area contributed by atoms with E-state index >= 15 is 0 Å². The second-order valence-electron chi connectivity index (χ2n) is 19.1. The lowest BCUT2D eigenvalue weighted by Crippen LogP contribution is -2.75. The quantitative estimate of drug-likeness (QED) is 0.110. The van der Waals surface area contributed by atoms with Gasteiger partial charge in [0.05, 0.1) is 49.8 Å². The lowest BCUT2D eigenvalue weighted by molar-refractivity contribution is 0.952. The van der Waals surface area contributed by atoms with Gasteiger partial charge in [0.15, 0.2) is 8.07 Å². The SMILES string of the molecule is c1ccc(-n2c(-n3c4ccccc4c4ccccc43)nc3c([Si](c4ccccc4)(c4ccccc4)c4ccccc4)ccc(-n4c5ccccc5c5cc(-n6c7ccccc7c7ccccc76)ccc54)c32)cc1. The van der Waals surface area contributed by atoms with Gasteiger partial charge in [0.25, 0.3) is 0 Å². The summed E-state index contributed by atoms with van der Waals surface area (Å²) >= 11 is 0. The maximum Gasteiger partial charge on any atom is 0.220 e. The fraction of sp³-hybridized carbons (Fsp3) is 0. The Balaban J connectivity index is 1.13. The summed E-state index contributed by atoms with van der Waals surface area (Å²) in [5, 5.41) is 12.3. The summed E-state index contributed by atoms with van der Waals surface area (Å²) < 4.78 is 9.76. The maximum absolute atomic E-state index is 6.15. The van der Waals surface area contributed by atoms with Crippen LogP contribution in [-0.2, 0) is 0 Å². The lowest BCUT2D eigenvalue weighted by Gasteiger charge is -2.34. The normalized spacial score (nSPS) is 12.1. The zero-order valence-corrected chi connectivity index (χ0v) is 40.7. The van der Waals surface area contributed by atoms with Crippen LogP contribution in [0.4, 0.5) is 0 Å². The molecule has 0 aliphatic heterocycles. The van der Waals surface area contributed by atoms with Crippen LogP contribution in [0.1, 0.15) is 0 Å². The summed E-state index contributed by atoms with van der Waals surface area (Å²) in [5.74, 6) is 0.832. The highest BCUT2D eigenvalue weighted by atomic mass is 28.3. The smallest absolute Gasteiger partial charge is 0.220 e. The van der Waals surface area contributed by atoms with Crippen LogP contribution in [0.25, 0.3) is 99.5 Å². The number of benzene rings is 11. The molecule has 4 aromatic heterocycles. The lowest BCUT2D eigenvalue weighted by atomic mass is 10.1. The third-order valence-electron chi connectivity index (χ3n) is 15.3. The molecule has 15 rings (SSSR count). The van der Waals surface area contributed by atoms with Gasteiger partial charge in [-0.25, -0.2) is 4.98 Å². The van der Waals surface area contributed by atoms with Crippen LogP contribution in [0.2, 0.25) is 0 Å². The van der Waals surface area contributed by atoms with Crippen molar-refractivity contribution in [3.8, 4) is 23.0 Å². The van der Waals surface area contributed by atoms with Gasteiger partial charge >= 0.3 is 0 Å². The van der Waals surface area contributed by atoms with Crippen molar-refractivity contribution >= 4 is 105 Å². The highest BCUT2D eigenvalue weighted by Crippen LogP contribution is 2.41. The Kier molecular flexibility index (Phi) is 9.21. The molecule has 0 atom stereocenters. The van der Waals surface area contributed by atoms with Gasteiger partial charge < -0.3 is 9.13 Å². The molecule has 0 N–H and O–H groups in total. The van der Waals surface area contributed by atoms with Gasteiger partial charge in [-0.05, 0) is 87.5 Å². The number of aromatic nitrogens is 5. The minimum atomic E-state index is -3.16. The number of fused-ring (bicyclic) bond motifs is 10. The van der Waals surface area contributed by atoms with E-state index in [-0.39, 0.29) is 0 Å². The van der Waals surface area contributed by atoms with Crippen molar-refractivity contribution < 1.29 is 0 Å². The molecule has 0 aliphatic carbocycles. The van der Waals surface area contributed by atoms with Crippen molar-refractivity contribution in [3.05, 3.63) is 273 Å². The molecule has 0 fully saturated rings. The van der Waals surface area contributed by atoms with Crippen LogP contribution in [0.3, 0.4) is 0 Å². The molecule has 0 saturated heterocycles. The Morgan fingerprint density at radius 2 is 0.658 bits per heavy atom. The topological polar surface area (TPSA) is 32.6 Å². The highest BCUT2D eigenvalue weighted by Gasteiger charge is 2.44. The first kappa shape index (κ1) is 41.3. The minimum Gasteiger partial charge on any atom is -0.309 e. The first-order valence-corrected chi connectivity index (χ1v) is 27.1. The number of hydrogen-bond donors (Lipinski definition) is 0. The predicted octanol–water partition coefficient (Wildman–Crippen LogP) is 13.7. The predicted molar refractivity (Wildman–Crippen MR) is 308 cm³/mol. The van der Waals surface area contributed by atoms with Crippen molar-refractivity contribution in [1.29, 1.82) is 0 Å². The molecule has 0 radical (unpaired) electrons. The summed E-state index contributed by atoms with van der Waals surface area (Å²) in [7, 11) is -3.16. The monoisotopic (exact) mass is 947 g/mol. The molecule has 0 unspecified atom stereocenters. The van der Waals surface area contributed by atoms with E-state index in [1.54, 1.807) is 0 Å². The number of nitrogens with zero attached hydrogens (tertiary/aromatic N) is 5. The van der Waals surface area contributed by atoms with Crippen LogP contribution in [-0.4, -0.2) is 31.3 Å². The average Bonchev–Trinajstić information content (AvgIpc) is 4.21. The van der Waals surface area contributed by atoms with Gasteiger partial charge in [-0.2, -0.15) is 0 Å². The van der Waals surface area contributed by atoms with E-state index in [1.165, 1.54) is 64.1 Å². The Hall–Kier alpha value is -9.49. The number of hydrogen-bond acceptors (Lipinski definition) is 1. The van der Waals surface area contributed by atoms with Gasteiger partial charge in [0.2, 0.25) is 5.95 Å². The third kappa shape index (κ3) is 5.99. The van der Waals surface area contributed by atoms with Crippen molar-refractivity contribution in [2.24, 2.45) is 0 Å². The number of rotatable bonds is 8.